The number of hydrazine groups is 1. The highest BCUT2D eigenvalue weighted by molar-refractivity contribution is 5.98. The van der Waals surface area contributed by atoms with Gasteiger partial charge in [-0.1, -0.05) is 30.3 Å². The SMILES string of the molecule is CN(NC(=O)CCC(=O)c1ccc2c(c1)CCCC2)c1ccccc1. The summed E-state index contributed by atoms with van der Waals surface area (Å²) in [5.74, 6) is -0.122. The molecular formula is C21H24N2O2. The van der Waals surface area contributed by atoms with Crippen molar-refractivity contribution in [3.05, 3.63) is 65.2 Å². The Labute approximate surface area is 148 Å². The van der Waals surface area contributed by atoms with E-state index in [-0.39, 0.29) is 24.5 Å². The lowest BCUT2D eigenvalue weighted by molar-refractivity contribution is -0.121. The van der Waals surface area contributed by atoms with Gasteiger partial charge < -0.3 is 0 Å². The van der Waals surface area contributed by atoms with Crippen LogP contribution in [0.25, 0.3) is 0 Å². The number of amides is 1. The zero-order valence-electron chi connectivity index (χ0n) is 14.6. The summed E-state index contributed by atoms with van der Waals surface area (Å²) < 4.78 is 0. The summed E-state index contributed by atoms with van der Waals surface area (Å²) in [7, 11) is 1.79. The smallest absolute Gasteiger partial charge is 0.238 e. The number of carbonyl (C=O) groups excluding carboxylic acids is 2. The van der Waals surface area contributed by atoms with E-state index in [1.54, 1.807) is 12.1 Å². The molecule has 0 radical (unpaired) electrons. The predicted octanol–water partition coefficient (Wildman–Crippen LogP) is 3.70. The van der Waals surface area contributed by atoms with Crippen LogP contribution < -0.4 is 10.4 Å². The first kappa shape index (κ1) is 17.2. The average molecular weight is 336 g/mol. The number of hydrogen-bond acceptors (Lipinski definition) is 3. The highest BCUT2D eigenvalue weighted by atomic mass is 16.2. The minimum atomic E-state index is -0.155. The maximum atomic E-state index is 12.4. The van der Waals surface area contributed by atoms with Gasteiger partial charge in [-0.05, 0) is 55.0 Å². The van der Waals surface area contributed by atoms with Crippen LogP contribution in [0.15, 0.2) is 48.5 Å². The van der Waals surface area contributed by atoms with Crippen LogP contribution in [0.2, 0.25) is 0 Å². The van der Waals surface area contributed by atoms with Gasteiger partial charge in [0.15, 0.2) is 5.78 Å². The molecule has 0 heterocycles. The molecule has 1 aliphatic carbocycles. The molecular weight excluding hydrogens is 312 g/mol. The number of hydrogen-bond donors (Lipinski definition) is 1. The number of nitrogens with zero attached hydrogens (tertiary/aromatic N) is 1. The number of Topliss-reactive ketones (excluding diaryl/α,β-unsaturated/α-hetero) is 1. The number of ketones is 1. The standard InChI is InChI=1S/C21H24N2O2/c1-23(19-9-3-2-4-10-19)22-21(25)14-13-20(24)18-12-11-16-7-5-6-8-17(16)15-18/h2-4,9-12,15H,5-8,13-14H2,1H3,(H,22,25). The molecule has 130 valence electrons. The van der Waals surface area contributed by atoms with Crippen LogP contribution in [-0.2, 0) is 17.6 Å². The first-order valence-corrected chi connectivity index (χ1v) is 8.87. The van der Waals surface area contributed by atoms with Crippen LogP contribution in [0.3, 0.4) is 0 Å². The van der Waals surface area contributed by atoms with Crippen molar-refractivity contribution in [1.29, 1.82) is 0 Å². The zero-order chi connectivity index (χ0) is 17.6. The van der Waals surface area contributed by atoms with Gasteiger partial charge in [-0.3, -0.25) is 20.0 Å². The fourth-order valence-electron chi connectivity index (χ4n) is 3.24. The minimum Gasteiger partial charge on any atom is -0.294 e. The summed E-state index contributed by atoms with van der Waals surface area (Å²) in [5.41, 5.74) is 7.08. The van der Waals surface area contributed by atoms with Gasteiger partial charge in [-0.2, -0.15) is 0 Å². The molecule has 25 heavy (non-hydrogen) atoms. The van der Waals surface area contributed by atoms with Crippen LogP contribution in [0.1, 0.15) is 47.2 Å². The fourth-order valence-corrected chi connectivity index (χ4v) is 3.24. The Balaban J connectivity index is 1.52. The molecule has 0 saturated heterocycles. The lowest BCUT2D eigenvalue weighted by Crippen LogP contribution is -2.39. The maximum Gasteiger partial charge on any atom is 0.238 e. The Kier molecular flexibility index (Phi) is 5.49. The van der Waals surface area contributed by atoms with Crippen molar-refractivity contribution < 1.29 is 9.59 Å². The second kappa shape index (κ2) is 7.97. The maximum absolute atomic E-state index is 12.4. The normalized spacial score (nSPS) is 13.0. The molecule has 2 aromatic carbocycles. The largest absolute Gasteiger partial charge is 0.294 e. The molecule has 0 bridgehead atoms. The third-order valence-electron chi connectivity index (χ3n) is 4.69. The lowest BCUT2D eigenvalue weighted by Gasteiger charge is -2.20. The first-order chi connectivity index (χ1) is 12.1. The van der Waals surface area contributed by atoms with Gasteiger partial charge >= 0.3 is 0 Å². The Morgan fingerprint density at radius 2 is 1.68 bits per heavy atom. The Bertz CT molecular complexity index is 756. The van der Waals surface area contributed by atoms with E-state index in [0.717, 1.165) is 24.1 Å². The second-order valence-corrected chi connectivity index (χ2v) is 6.54. The molecule has 0 aliphatic heterocycles. The predicted molar refractivity (Wildman–Crippen MR) is 99.6 cm³/mol. The van der Waals surface area contributed by atoms with Crippen molar-refractivity contribution >= 4 is 17.4 Å². The molecule has 0 saturated carbocycles. The number of nitrogens with one attached hydrogen (secondary N) is 1. The number of benzene rings is 2. The number of fused-ring (bicyclic) bond motifs is 1. The van der Waals surface area contributed by atoms with Gasteiger partial charge in [-0.15, -0.1) is 0 Å². The van der Waals surface area contributed by atoms with Crippen LogP contribution in [0.4, 0.5) is 5.69 Å². The number of para-hydroxylation sites is 1. The highest BCUT2D eigenvalue weighted by Crippen LogP contribution is 2.23. The number of anilines is 1. The molecule has 0 spiro atoms. The van der Waals surface area contributed by atoms with E-state index in [4.69, 9.17) is 0 Å². The van der Waals surface area contributed by atoms with Gasteiger partial charge in [0, 0.05) is 25.5 Å². The van der Waals surface area contributed by atoms with E-state index >= 15 is 0 Å². The highest BCUT2D eigenvalue weighted by Gasteiger charge is 2.14. The molecule has 4 nitrogen and oxygen atoms in total. The van der Waals surface area contributed by atoms with Gasteiger partial charge in [-0.25, -0.2) is 0 Å². The number of carbonyl (C=O) groups is 2. The topological polar surface area (TPSA) is 49.4 Å². The van der Waals surface area contributed by atoms with Crippen molar-refractivity contribution in [1.82, 2.24) is 5.43 Å². The Morgan fingerprint density at radius 1 is 0.960 bits per heavy atom. The number of aryl methyl sites for hydroxylation is 2. The van der Waals surface area contributed by atoms with Crippen molar-refractivity contribution in [2.24, 2.45) is 0 Å². The fraction of sp³-hybridized carbons (Fsp3) is 0.333. The van der Waals surface area contributed by atoms with E-state index < -0.39 is 0 Å². The van der Waals surface area contributed by atoms with Crippen LogP contribution in [-0.4, -0.2) is 18.7 Å². The molecule has 1 amide bonds. The van der Waals surface area contributed by atoms with Gasteiger partial charge in [0.1, 0.15) is 0 Å². The molecule has 3 rings (SSSR count). The first-order valence-electron chi connectivity index (χ1n) is 8.87. The lowest BCUT2D eigenvalue weighted by atomic mass is 9.89. The summed E-state index contributed by atoms with van der Waals surface area (Å²) in [6.45, 7) is 0. The van der Waals surface area contributed by atoms with Gasteiger partial charge in [0.2, 0.25) is 5.91 Å². The molecule has 0 atom stereocenters. The molecule has 2 aromatic rings. The van der Waals surface area contributed by atoms with Crippen LogP contribution >= 0.6 is 0 Å². The summed E-state index contributed by atoms with van der Waals surface area (Å²) >= 11 is 0. The van der Waals surface area contributed by atoms with E-state index in [2.05, 4.69) is 11.5 Å². The molecule has 4 heteroatoms. The van der Waals surface area contributed by atoms with E-state index in [1.165, 1.54) is 24.0 Å². The van der Waals surface area contributed by atoms with Crippen molar-refractivity contribution in [3.8, 4) is 0 Å². The third-order valence-corrected chi connectivity index (χ3v) is 4.69. The van der Waals surface area contributed by atoms with Gasteiger partial charge in [0.25, 0.3) is 0 Å². The minimum absolute atomic E-state index is 0.0332. The molecule has 0 aromatic heterocycles. The van der Waals surface area contributed by atoms with Crippen molar-refractivity contribution in [2.75, 3.05) is 12.1 Å². The average Bonchev–Trinajstić information content (AvgIpc) is 2.66. The molecule has 0 fully saturated rings. The monoisotopic (exact) mass is 336 g/mol. The zero-order valence-corrected chi connectivity index (χ0v) is 14.6. The molecule has 0 unspecified atom stereocenters. The Morgan fingerprint density at radius 3 is 2.44 bits per heavy atom. The van der Waals surface area contributed by atoms with Crippen molar-refractivity contribution in [3.63, 3.8) is 0 Å². The van der Waals surface area contributed by atoms with Crippen LogP contribution in [0, 0.1) is 0 Å². The summed E-state index contributed by atoms with van der Waals surface area (Å²) in [6.07, 6.45) is 5.01. The summed E-state index contributed by atoms with van der Waals surface area (Å²) in [4.78, 5) is 24.5. The summed E-state index contributed by atoms with van der Waals surface area (Å²) in [6, 6.07) is 15.6. The van der Waals surface area contributed by atoms with E-state index in [0.29, 0.717) is 0 Å². The van der Waals surface area contributed by atoms with Crippen LogP contribution in [0.5, 0.6) is 0 Å². The van der Waals surface area contributed by atoms with Crippen molar-refractivity contribution in [2.45, 2.75) is 38.5 Å². The van der Waals surface area contributed by atoms with Gasteiger partial charge in [0.05, 0.1) is 5.69 Å². The Hall–Kier alpha value is -2.62. The summed E-state index contributed by atoms with van der Waals surface area (Å²) in [5, 5.41) is 1.67. The third kappa shape index (κ3) is 4.47. The number of rotatable bonds is 6. The molecule has 1 N–H and O–H groups in total. The quantitative estimate of drug-likeness (QED) is 0.646. The van der Waals surface area contributed by atoms with E-state index in [9.17, 15) is 9.59 Å². The van der Waals surface area contributed by atoms with E-state index in [1.807, 2.05) is 42.5 Å². The molecule has 1 aliphatic rings. The second-order valence-electron chi connectivity index (χ2n) is 6.54.